The maximum Gasteiger partial charge on any atom is 0.110 e. The van der Waals surface area contributed by atoms with Gasteiger partial charge in [0.2, 0.25) is 0 Å². The van der Waals surface area contributed by atoms with Crippen molar-refractivity contribution in [2.45, 2.75) is 6.42 Å². The van der Waals surface area contributed by atoms with Crippen molar-refractivity contribution in [2.24, 2.45) is 0 Å². The van der Waals surface area contributed by atoms with Crippen molar-refractivity contribution in [3.8, 4) is 0 Å². The second-order valence-electron chi connectivity index (χ2n) is 3.53. The van der Waals surface area contributed by atoms with E-state index in [2.05, 4.69) is 9.97 Å². The third-order valence-corrected chi connectivity index (χ3v) is 2.48. The van der Waals surface area contributed by atoms with Crippen molar-refractivity contribution >= 4 is 22.8 Å². The minimum atomic E-state index is 0.547. The smallest absolute Gasteiger partial charge is 0.110 e. The van der Waals surface area contributed by atoms with E-state index in [0.29, 0.717) is 12.1 Å². The van der Waals surface area contributed by atoms with Gasteiger partial charge < -0.3 is 5.41 Å². The number of para-hydroxylation sites is 2. The third kappa shape index (κ3) is 1.24. The molecule has 0 spiro atoms. The average Bonchev–Trinajstić information content (AvgIpc) is 2.27. The lowest BCUT2D eigenvalue weighted by molar-refractivity contribution is 1.18. The first-order valence-corrected chi connectivity index (χ1v) is 4.86. The Bertz CT molecular complexity index is 584. The molecule has 0 saturated carbocycles. The lowest BCUT2D eigenvalue weighted by atomic mass is 10.1. The highest BCUT2D eigenvalue weighted by Crippen LogP contribution is 2.18. The first-order chi connectivity index (χ1) is 7.34. The number of fused-ring (bicyclic) bond motifs is 2. The van der Waals surface area contributed by atoms with E-state index in [-0.39, 0.29) is 0 Å². The van der Waals surface area contributed by atoms with Crippen molar-refractivity contribution in [3.05, 3.63) is 41.7 Å². The van der Waals surface area contributed by atoms with Gasteiger partial charge in [0.15, 0.2) is 0 Å². The van der Waals surface area contributed by atoms with Crippen molar-refractivity contribution < 1.29 is 0 Å². The summed E-state index contributed by atoms with van der Waals surface area (Å²) in [4.78, 5) is 8.93. The highest BCUT2D eigenvalue weighted by molar-refractivity contribution is 6.03. The minimum Gasteiger partial charge on any atom is -0.303 e. The fraction of sp³-hybridized carbons (Fsp3) is 0.0833. The molecule has 1 aromatic heterocycles. The van der Waals surface area contributed by atoms with Crippen molar-refractivity contribution in [1.29, 1.82) is 5.41 Å². The number of hydrogen-bond donors (Lipinski definition) is 1. The van der Waals surface area contributed by atoms with Crippen LogP contribution < -0.4 is 0 Å². The lowest BCUT2D eigenvalue weighted by Crippen LogP contribution is -2.09. The van der Waals surface area contributed by atoms with E-state index < -0.39 is 0 Å². The molecule has 3 rings (SSSR count). The zero-order valence-electron chi connectivity index (χ0n) is 8.07. The van der Waals surface area contributed by atoms with Crippen LogP contribution in [0.1, 0.15) is 17.8 Å². The average molecular weight is 195 g/mol. The molecule has 0 unspecified atom stereocenters. The van der Waals surface area contributed by atoms with Gasteiger partial charge in [0.25, 0.3) is 0 Å². The molecule has 3 nitrogen and oxygen atoms in total. The summed E-state index contributed by atoms with van der Waals surface area (Å²) in [6.07, 6.45) is 4.54. The zero-order chi connectivity index (χ0) is 10.3. The van der Waals surface area contributed by atoms with Crippen LogP contribution >= 0.6 is 0 Å². The van der Waals surface area contributed by atoms with Crippen LogP contribution in [0.25, 0.3) is 17.1 Å². The second kappa shape index (κ2) is 2.98. The Hall–Kier alpha value is -2.03. The van der Waals surface area contributed by atoms with Crippen LogP contribution in [0.3, 0.4) is 0 Å². The topological polar surface area (TPSA) is 49.6 Å². The quantitative estimate of drug-likeness (QED) is 0.701. The molecular formula is C12H9N3. The van der Waals surface area contributed by atoms with Gasteiger partial charge >= 0.3 is 0 Å². The summed E-state index contributed by atoms with van der Waals surface area (Å²) in [5.74, 6) is 0. The SMILES string of the molecule is N=C1CC=Cc2nc3ccccc3nc21. The molecule has 0 saturated heterocycles. The second-order valence-corrected chi connectivity index (χ2v) is 3.53. The van der Waals surface area contributed by atoms with Gasteiger partial charge in [-0.15, -0.1) is 0 Å². The molecule has 0 amide bonds. The van der Waals surface area contributed by atoms with Gasteiger partial charge in [-0.2, -0.15) is 0 Å². The van der Waals surface area contributed by atoms with Crippen LogP contribution in [0.5, 0.6) is 0 Å². The fourth-order valence-electron chi connectivity index (χ4n) is 1.74. The molecule has 0 fully saturated rings. The largest absolute Gasteiger partial charge is 0.303 e. The molecule has 0 atom stereocenters. The van der Waals surface area contributed by atoms with Crippen molar-refractivity contribution in [1.82, 2.24) is 9.97 Å². The fourth-order valence-corrected chi connectivity index (χ4v) is 1.74. The van der Waals surface area contributed by atoms with Crippen molar-refractivity contribution in [3.63, 3.8) is 0 Å². The summed E-state index contributed by atoms with van der Waals surface area (Å²) < 4.78 is 0. The van der Waals surface area contributed by atoms with E-state index in [1.54, 1.807) is 0 Å². The molecule has 0 aliphatic heterocycles. The molecule has 1 N–H and O–H groups in total. The molecule has 72 valence electrons. The summed E-state index contributed by atoms with van der Waals surface area (Å²) in [5.41, 5.74) is 3.82. The maximum absolute atomic E-state index is 7.79. The number of aromatic nitrogens is 2. The highest BCUT2D eigenvalue weighted by atomic mass is 14.8. The van der Waals surface area contributed by atoms with Gasteiger partial charge in [-0.25, -0.2) is 9.97 Å². The van der Waals surface area contributed by atoms with E-state index in [1.165, 1.54) is 0 Å². The summed E-state index contributed by atoms with van der Waals surface area (Å²) in [6, 6.07) is 7.75. The van der Waals surface area contributed by atoms with E-state index >= 15 is 0 Å². The van der Waals surface area contributed by atoms with Gasteiger partial charge in [0.05, 0.1) is 22.4 Å². The Morgan fingerprint density at radius 2 is 1.80 bits per heavy atom. The molecule has 2 aromatic rings. The monoisotopic (exact) mass is 195 g/mol. The Morgan fingerprint density at radius 3 is 2.60 bits per heavy atom. The molecule has 0 bridgehead atoms. The molecule has 1 aliphatic carbocycles. The van der Waals surface area contributed by atoms with E-state index in [1.807, 2.05) is 36.4 Å². The number of benzene rings is 1. The van der Waals surface area contributed by atoms with Crippen LogP contribution in [0.2, 0.25) is 0 Å². The summed E-state index contributed by atoms with van der Waals surface area (Å²) in [7, 11) is 0. The normalized spacial score (nSPS) is 14.3. The Balaban J connectivity index is 2.38. The van der Waals surface area contributed by atoms with E-state index in [0.717, 1.165) is 22.4 Å². The zero-order valence-corrected chi connectivity index (χ0v) is 8.07. The van der Waals surface area contributed by atoms with Gasteiger partial charge in [0.1, 0.15) is 5.69 Å². The first kappa shape index (κ1) is 8.29. The van der Waals surface area contributed by atoms with Crippen molar-refractivity contribution in [2.75, 3.05) is 0 Å². The Labute approximate surface area is 87.0 Å². The van der Waals surface area contributed by atoms with Crippen LogP contribution in [0, 0.1) is 5.41 Å². The highest BCUT2D eigenvalue weighted by Gasteiger charge is 2.13. The number of rotatable bonds is 0. The number of hydrogen-bond acceptors (Lipinski definition) is 3. The van der Waals surface area contributed by atoms with Crippen LogP contribution in [-0.4, -0.2) is 15.7 Å². The van der Waals surface area contributed by atoms with Gasteiger partial charge in [-0.05, 0) is 18.2 Å². The van der Waals surface area contributed by atoms with Crippen LogP contribution in [-0.2, 0) is 0 Å². The Morgan fingerprint density at radius 1 is 1.07 bits per heavy atom. The number of nitrogens with zero attached hydrogens (tertiary/aromatic N) is 2. The van der Waals surface area contributed by atoms with Gasteiger partial charge in [0, 0.05) is 6.42 Å². The summed E-state index contributed by atoms with van der Waals surface area (Å²) >= 11 is 0. The molecule has 15 heavy (non-hydrogen) atoms. The summed E-state index contributed by atoms with van der Waals surface area (Å²) in [6.45, 7) is 0. The summed E-state index contributed by atoms with van der Waals surface area (Å²) in [5, 5.41) is 7.79. The van der Waals surface area contributed by atoms with Crippen LogP contribution in [0.4, 0.5) is 0 Å². The molecule has 1 heterocycles. The molecule has 1 aromatic carbocycles. The third-order valence-electron chi connectivity index (χ3n) is 2.48. The Kier molecular flexibility index (Phi) is 1.65. The number of allylic oxidation sites excluding steroid dienone is 1. The van der Waals surface area contributed by atoms with E-state index in [4.69, 9.17) is 5.41 Å². The van der Waals surface area contributed by atoms with E-state index in [9.17, 15) is 0 Å². The molecule has 0 radical (unpaired) electrons. The maximum atomic E-state index is 7.79. The molecule has 3 heteroatoms. The predicted octanol–water partition coefficient (Wildman–Crippen LogP) is 2.41. The minimum absolute atomic E-state index is 0.547. The first-order valence-electron chi connectivity index (χ1n) is 4.86. The molecule has 1 aliphatic rings. The van der Waals surface area contributed by atoms with Gasteiger partial charge in [-0.1, -0.05) is 18.2 Å². The lowest BCUT2D eigenvalue weighted by Gasteiger charge is -2.10. The van der Waals surface area contributed by atoms with Gasteiger partial charge in [-0.3, -0.25) is 0 Å². The van der Waals surface area contributed by atoms with Crippen LogP contribution in [0.15, 0.2) is 30.3 Å². The standard InChI is InChI=1S/C12H9N3/c13-8-4-3-7-11-12(8)15-10-6-2-1-5-9(10)14-11/h1-3,5-7,13H,4H2. The predicted molar refractivity (Wildman–Crippen MR) is 60.0 cm³/mol. The number of nitrogens with one attached hydrogen (secondary N) is 1. The molecular weight excluding hydrogens is 186 g/mol.